The summed E-state index contributed by atoms with van der Waals surface area (Å²) in [6, 6.07) is 33.1. The summed E-state index contributed by atoms with van der Waals surface area (Å²) in [4.78, 5) is 2.72. The molecule has 1 aliphatic heterocycles. The van der Waals surface area contributed by atoms with Gasteiger partial charge >= 0.3 is 295 Å². The van der Waals surface area contributed by atoms with Crippen molar-refractivity contribution >= 4 is 36.3 Å². The van der Waals surface area contributed by atoms with Gasteiger partial charge in [-0.3, -0.25) is 0 Å². The molecule has 1 fully saturated rings. The maximum atomic E-state index is 7.64. The molecule has 0 amide bonds. The van der Waals surface area contributed by atoms with Gasteiger partial charge in [0.1, 0.15) is 0 Å². The van der Waals surface area contributed by atoms with E-state index in [0.29, 0.717) is 6.04 Å². The first-order chi connectivity index (χ1) is 23.1. The van der Waals surface area contributed by atoms with Crippen molar-refractivity contribution in [3.8, 4) is 28.0 Å². The van der Waals surface area contributed by atoms with Crippen LogP contribution >= 0.6 is 24.8 Å². The van der Waals surface area contributed by atoms with Crippen LogP contribution in [0.15, 0.2) is 90.5 Å². The van der Waals surface area contributed by atoms with Gasteiger partial charge in [-0.05, 0) is 0 Å². The van der Waals surface area contributed by atoms with Crippen LogP contribution in [0.3, 0.4) is 0 Å². The fourth-order valence-electron chi connectivity index (χ4n) is 9.66. The molecule has 0 radical (unpaired) electrons. The standard InChI is InChI=1S/C28H32O.C14H16N.2CH3.2ClH.H2Si.Ti/c1-4-6-16-28(17-7-5-2)25-11-9-8-10-22(25)23-14-13-21(19-26(23)28)24-18-20(3)12-15-27(24)29;1-11-10-12-6-2-3-7-13(12)14(11)15-8-4-5-9-15;;;;;;/h8-15,18-19,29H,4-7,16-17H2,1-3H3;2-3,6-7,14H,4-5,8-9H2,1H3;2*1H3;2*1H;1H2;/q;;;;;;;+1/p-1. The van der Waals surface area contributed by atoms with Crippen LogP contribution in [0.2, 0.25) is 10.5 Å². The van der Waals surface area contributed by atoms with Crippen LogP contribution in [-0.2, 0) is 19.8 Å². The van der Waals surface area contributed by atoms with Gasteiger partial charge in [-0.25, -0.2) is 0 Å². The van der Waals surface area contributed by atoms with Crippen LogP contribution in [0.1, 0.15) is 106 Å². The third-order valence-electron chi connectivity index (χ3n) is 11.7. The predicted octanol–water partition coefficient (Wildman–Crippen LogP) is 12.4. The molecular weight excluding hydrogens is 705 g/mol. The molecule has 266 valence electrons. The van der Waals surface area contributed by atoms with E-state index in [1.54, 1.807) is 5.56 Å². The van der Waals surface area contributed by atoms with E-state index in [2.05, 4.69) is 136 Å². The van der Waals surface area contributed by atoms with Gasteiger partial charge in [-0.1, -0.05) is 0 Å². The molecule has 2 aliphatic carbocycles. The van der Waals surface area contributed by atoms with Gasteiger partial charge in [0.15, 0.2) is 0 Å². The number of rotatable bonds is 11. The van der Waals surface area contributed by atoms with Crippen LogP contribution < -0.4 is 3.32 Å². The Morgan fingerprint density at radius 3 is 2.04 bits per heavy atom. The van der Waals surface area contributed by atoms with E-state index < -0.39 is 14.4 Å². The molecule has 0 saturated carbocycles. The number of likely N-dealkylation sites (tertiary alicyclic amines) is 1. The Balaban J connectivity index is 0.00000243. The van der Waals surface area contributed by atoms with E-state index in [1.165, 1.54) is 118 Å². The number of hydrogen-bond acceptors (Lipinski definition) is 2. The Bertz CT molecular complexity index is 1960. The summed E-state index contributed by atoms with van der Waals surface area (Å²) in [6.07, 6.45) is 9.94. The zero-order valence-electron chi connectivity index (χ0n) is 31.1. The van der Waals surface area contributed by atoms with Crippen LogP contribution in [0.5, 0.6) is 5.75 Å². The molecule has 6 heteroatoms. The maximum Gasteiger partial charge on any atom is -0.147 e. The Kier molecular flexibility index (Phi) is 11.8. The molecule has 3 aliphatic rings. The summed E-state index contributed by atoms with van der Waals surface area (Å²) in [5.41, 5.74) is 14.3. The molecule has 1 unspecified atom stereocenters. The molecule has 1 atom stereocenters. The summed E-state index contributed by atoms with van der Waals surface area (Å²) < 4.78 is 9.18. The number of halogens is 2. The molecule has 1 saturated heterocycles. The number of fused-ring (bicyclic) bond motifs is 4. The van der Waals surface area contributed by atoms with Crippen molar-refractivity contribution in [1.29, 1.82) is 0 Å². The number of unbranched alkanes of at least 4 members (excludes halogenated alkanes) is 2. The zero-order chi connectivity index (χ0) is 33.7. The normalized spacial score (nSPS) is 17.9. The molecule has 4 aromatic rings. The van der Waals surface area contributed by atoms with Crippen LogP contribution in [0.4, 0.5) is 0 Å². The Hall–Kier alpha value is -2.11. The quantitative estimate of drug-likeness (QED) is 0.141. The third-order valence-corrected chi connectivity index (χ3v) is 18.6. The van der Waals surface area contributed by atoms with E-state index in [0.717, 1.165) is 5.75 Å². The summed E-state index contributed by atoms with van der Waals surface area (Å²) in [5.74, 6) is 1.04. The van der Waals surface area contributed by atoms with Crippen molar-refractivity contribution in [3.63, 3.8) is 0 Å². The van der Waals surface area contributed by atoms with E-state index in [9.17, 15) is 0 Å². The topological polar surface area (TPSA) is 12.5 Å². The van der Waals surface area contributed by atoms with Crippen LogP contribution in [0.25, 0.3) is 26.1 Å². The fourth-order valence-corrected chi connectivity index (χ4v) is 17.6. The molecule has 0 bridgehead atoms. The monoisotopic (exact) mass is 761 g/mol. The van der Waals surface area contributed by atoms with Crippen molar-refractivity contribution in [3.05, 3.63) is 118 Å². The number of hydrogen-bond donors (Lipinski definition) is 0. The van der Waals surface area contributed by atoms with Crippen molar-refractivity contribution in [2.45, 2.75) is 101 Å². The molecule has 0 aromatic heterocycles. The molecule has 0 spiro atoms. The first kappa shape index (κ1) is 39.1. The van der Waals surface area contributed by atoms with Gasteiger partial charge in [-0.2, -0.15) is 0 Å². The number of benzene rings is 4. The van der Waals surface area contributed by atoms with Crippen LogP contribution in [0, 0.1) is 6.92 Å². The zero-order valence-corrected chi connectivity index (χ0v) is 35.7. The Labute approximate surface area is 317 Å². The van der Waals surface area contributed by atoms with Gasteiger partial charge in [0.25, 0.3) is 0 Å². The van der Waals surface area contributed by atoms with Crippen molar-refractivity contribution in [1.82, 2.24) is 4.90 Å². The van der Waals surface area contributed by atoms with Gasteiger partial charge in [0.2, 0.25) is 0 Å². The molecule has 1 heterocycles. The summed E-state index contributed by atoms with van der Waals surface area (Å²) in [5, 5.41) is 5.00. The first-order valence-electron chi connectivity index (χ1n) is 18.7. The fraction of sp³-hybridized carbons (Fsp3) is 0.409. The van der Waals surface area contributed by atoms with Gasteiger partial charge in [-0.15, -0.1) is 24.8 Å². The molecule has 7 rings (SSSR count). The molecule has 0 N–H and O–H groups in total. The second-order valence-corrected chi connectivity index (χ2v) is 33.5. The maximum absolute atomic E-state index is 7.64. The van der Waals surface area contributed by atoms with Gasteiger partial charge in [0.05, 0.1) is 0 Å². The summed E-state index contributed by atoms with van der Waals surface area (Å²) in [7, 11) is 2.20. The third kappa shape index (κ3) is 6.77. The first-order valence-corrected chi connectivity index (χ1v) is 27.3. The van der Waals surface area contributed by atoms with Gasteiger partial charge < -0.3 is 0 Å². The largest absolute Gasteiger partial charge is 0.147 e. The Morgan fingerprint density at radius 1 is 0.740 bits per heavy atom. The van der Waals surface area contributed by atoms with E-state index in [-0.39, 0.29) is 30.2 Å². The van der Waals surface area contributed by atoms with Crippen molar-refractivity contribution in [2.24, 2.45) is 0 Å². The van der Waals surface area contributed by atoms with Gasteiger partial charge in [0, 0.05) is 0 Å². The minimum Gasteiger partial charge on any atom is -0.147 e. The smallest absolute Gasteiger partial charge is 0.147 e. The van der Waals surface area contributed by atoms with Crippen molar-refractivity contribution in [2.75, 3.05) is 13.1 Å². The van der Waals surface area contributed by atoms with E-state index >= 15 is 0 Å². The SMILES string of the molecule is CCCCC1(CCCC)c2ccccc2-c2ccc(-c3cc(C)ccc3[O][Ti]([CH3])([CH3])(=[SiH2])[C]3=C(C)C(N4CCCC4)c4ccccc43)cc21.Cl.Cl. The number of nitrogens with zero attached hydrogens (tertiary/aromatic N) is 1. The molecule has 2 nitrogen and oxygen atoms in total. The second-order valence-electron chi connectivity index (χ2n) is 16.0. The average Bonchev–Trinajstić information content (AvgIpc) is 3.77. The predicted molar refractivity (Wildman–Crippen MR) is 220 cm³/mol. The minimum atomic E-state index is -3.75. The summed E-state index contributed by atoms with van der Waals surface area (Å²) in [6.45, 7) is 11.7. The average molecular weight is 763 g/mol. The van der Waals surface area contributed by atoms with Crippen LogP contribution in [-0.4, -0.2) is 25.6 Å². The van der Waals surface area contributed by atoms with E-state index in [4.69, 9.17) is 3.32 Å². The molecule has 50 heavy (non-hydrogen) atoms. The Morgan fingerprint density at radius 2 is 1.36 bits per heavy atom. The minimum absolute atomic E-state index is 0. The van der Waals surface area contributed by atoms with E-state index in [1.807, 2.05) is 0 Å². The number of aryl methyl sites for hydroxylation is 1. The van der Waals surface area contributed by atoms with Crippen molar-refractivity contribution < 1.29 is 17.7 Å². The second kappa shape index (κ2) is 15.1. The summed E-state index contributed by atoms with van der Waals surface area (Å²) >= 11 is -3.75. The molecule has 4 aromatic carbocycles. The molecular formula is C44H57Cl2NOSiTi.